The van der Waals surface area contributed by atoms with Gasteiger partial charge in [0.05, 0.1) is 0 Å². The maximum absolute atomic E-state index is 13.4. The fourth-order valence-corrected chi connectivity index (χ4v) is 4.99. The smallest absolute Gasteiger partial charge is 0.123 e. The van der Waals surface area contributed by atoms with Gasteiger partial charge in [-0.05, 0) is 81.1 Å². The van der Waals surface area contributed by atoms with E-state index in [2.05, 4.69) is 29.3 Å². The Labute approximate surface area is 154 Å². The van der Waals surface area contributed by atoms with Gasteiger partial charge in [-0.2, -0.15) is 0 Å². The predicted octanol–water partition coefficient (Wildman–Crippen LogP) is 4.81. The average Bonchev–Trinajstić information content (AvgIpc) is 2.87. The van der Waals surface area contributed by atoms with Crippen molar-refractivity contribution in [3.05, 3.63) is 64.9 Å². The lowest BCUT2D eigenvalue weighted by Crippen LogP contribution is -2.50. The Bertz CT molecular complexity index is 748. The molecular weight excluding hydrogens is 335 g/mol. The third-order valence-corrected chi connectivity index (χ3v) is 5.93. The Morgan fingerprint density at radius 1 is 1.24 bits per heavy atom. The molecule has 4 heteroatoms. The highest BCUT2D eigenvalue weighted by Crippen LogP contribution is 2.43. The van der Waals surface area contributed by atoms with E-state index in [1.54, 1.807) is 12.1 Å². The van der Waals surface area contributed by atoms with Crippen molar-refractivity contribution in [2.45, 2.75) is 50.2 Å². The van der Waals surface area contributed by atoms with Crippen LogP contribution < -0.4 is 10.2 Å². The molecule has 2 saturated heterocycles. The first-order chi connectivity index (χ1) is 12.0. The Morgan fingerprint density at radius 2 is 2.04 bits per heavy atom. The first kappa shape index (κ1) is 16.9. The lowest BCUT2D eigenvalue weighted by molar-refractivity contribution is 0.381. The van der Waals surface area contributed by atoms with Crippen LogP contribution in [0.25, 0.3) is 0 Å². The van der Waals surface area contributed by atoms with Crippen molar-refractivity contribution in [3.63, 3.8) is 0 Å². The molecule has 4 rings (SSSR count). The van der Waals surface area contributed by atoms with E-state index < -0.39 is 0 Å². The number of nitrogens with zero attached hydrogens (tertiary/aromatic N) is 1. The van der Waals surface area contributed by atoms with Crippen LogP contribution in [0.2, 0.25) is 5.02 Å². The molecule has 0 aromatic heterocycles. The first-order valence-electron chi connectivity index (χ1n) is 9.08. The molecule has 2 nitrogen and oxygen atoms in total. The van der Waals surface area contributed by atoms with Crippen molar-refractivity contribution in [3.8, 4) is 0 Å². The number of halogens is 2. The molecule has 0 aliphatic carbocycles. The molecule has 2 aromatic carbocycles. The quantitative estimate of drug-likeness (QED) is 0.846. The summed E-state index contributed by atoms with van der Waals surface area (Å²) >= 11 is 6.20. The molecule has 132 valence electrons. The summed E-state index contributed by atoms with van der Waals surface area (Å²) in [5.74, 6) is -0.183. The van der Waals surface area contributed by atoms with Gasteiger partial charge in [-0.1, -0.05) is 23.7 Å². The molecule has 2 aliphatic heterocycles. The highest BCUT2D eigenvalue weighted by molar-refractivity contribution is 6.30. The van der Waals surface area contributed by atoms with Gasteiger partial charge in [0.1, 0.15) is 5.82 Å². The molecule has 1 N–H and O–H groups in total. The predicted molar refractivity (Wildman–Crippen MR) is 102 cm³/mol. The maximum Gasteiger partial charge on any atom is 0.123 e. The third kappa shape index (κ3) is 3.28. The van der Waals surface area contributed by atoms with Crippen LogP contribution in [0.1, 0.15) is 31.7 Å². The van der Waals surface area contributed by atoms with Crippen molar-refractivity contribution >= 4 is 17.3 Å². The van der Waals surface area contributed by atoms with Crippen LogP contribution in [0, 0.1) is 5.82 Å². The molecular formula is C21H24ClFN2. The second-order valence-electron chi connectivity index (χ2n) is 7.62. The van der Waals surface area contributed by atoms with E-state index in [0.29, 0.717) is 12.1 Å². The van der Waals surface area contributed by atoms with Crippen molar-refractivity contribution < 1.29 is 4.39 Å². The zero-order valence-electron chi connectivity index (χ0n) is 14.5. The number of rotatable bonds is 3. The van der Waals surface area contributed by atoms with E-state index in [9.17, 15) is 4.39 Å². The zero-order valence-corrected chi connectivity index (χ0v) is 15.3. The van der Waals surface area contributed by atoms with Gasteiger partial charge in [0.2, 0.25) is 0 Å². The van der Waals surface area contributed by atoms with E-state index in [1.807, 2.05) is 24.3 Å². The highest BCUT2D eigenvalue weighted by Gasteiger charge is 2.49. The first-order valence-corrected chi connectivity index (χ1v) is 9.46. The number of fused-ring (bicyclic) bond motifs is 1. The second kappa shape index (κ2) is 6.62. The van der Waals surface area contributed by atoms with E-state index in [4.69, 9.17) is 11.6 Å². The molecule has 0 bridgehead atoms. The fourth-order valence-electron chi connectivity index (χ4n) is 4.77. The minimum absolute atomic E-state index is 0.0187. The van der Waals surface area contributed by atoms with Crippen molar-refractivity contribution in [2.24, 2.45) is 0 Å². The molecule has 2 aromatic rings. The summed E-state index contributed by atoms with van der Waals surface area (Å²) in [6.07, 6.45) is 4.38. The van der Waals surface area contributed by atoms with Crippen LogP contribution in [-0.2, 0) is 6.42 Å². The van der Waals surface area contributed by atoms with Gasteiger partial charge in [0.15, 0.2) is 0 Å². The summed E-state index contributed by atoms with van der Waals surface area (Å²) < 4.78 is 13.4. The molecule has 0 saturated carbocycles. The molecule has 0 amide bonds. The summed E-state index contributed by atoms with van der Waals surface area (Å²) in [6.45, 7) is 3.42. The summed E-state index contributed by atoms with van der Waals surface area (Å²) in [7, 11) is 0. The van der Waals surface area contributed by atoms with Gasteiger partial charge in [-0.3, -0.25) is 0 Å². The molecule has 2 aliphatic rings. The topological polar surface area (TPSA) is 15.3 Å². The molecule has 2 fully saturated rings. The van der Waals surface area contributed by atoms with Crippen LogP contribution in [0.3, 0.4) is 0 Å². The van der Waals surface area contributed by atoms with Crippen LogP contribution in [0.5, 0.6) is 0 Å². The Kier molecular flexibility index (Phi) is 4.47. The summed E-state index contributed by atoms with van der Waals surface area (Å²) in [5.41, 5.74) is 2.35. The van der Waals surface area contributed by atoms with Gasteiger partial charge in [0.25, 0.3) is 0 Å². The lowest BCUT2D eigenvalue weighted by atomic mass is 9.88. The largest absolute Gasteiger partial charge is 0.361 e. The third-order valence-electron chi connectivity index (χ3n) is 5.70. The van der Waals surface area contributed by atoms with Gasteiger partial charge in [0, 0.05) is 28.3 Å². The van der Waals surface area contributed by atoms with E-state index in [1.165, 1.54) is 18.4 Å². The Hall–Kier alpha value is -1.58. The minimum Gasteiger partial charge on any atom is -0.361 e. The molecule has 0 radical (unpaired) electrons. The van der Waals surface area contributed by atoms with Crippen molar-refractivity contribution in [2.75, 3.05) is 11.4 Å². The molecule has 25 heavy (non-hydrogen) atoms. The summed E-state index contributed by atoms with van der Waals surface area (Å²) in [6, 6.07) is 16.1. The van der Waals surface area contributed by atoms with Crippen molar-refractivity contribution in [1.29, 1.82) is 0 Å². The van der Waals surface area contributed by atoms with E-state index in [-0.39, 0.29) is 11.4 Å². The standard InChI is InChI=1S/C21H24ClFN2/c1-21(13-15-4-2-5-16(22)12-15)14-19-20(6-3-11-24-19)25(21)18-9-7-17(23)8-10-18/h2,4-5,7-10,12,19-20,24H,3,6,11,13-14H2,1H3/t19-,20-,21+/m0/s1. The van der Waals surface area contributed by atoms with Crippen LogP contribution in [0.15, 0.2) is 48.5 Å². The molecule has 0 unspecified atom stereocenters. The number of hydrogen-bond donors (Lipinski definition) is 1. The number of nitrogens with one attached hydrogen (secondary N) is 1. The Morgan fingerprint density at radius 3 is 2.80 bits per heavy atom. The summed E-state index contributed by atoms with van der Waals surface area (Å²) in [4.78, 5) is 2.53. The zero-order chi connectivity index (χ0) is 17.4. The molecule has 2 heterocycles. The fraction of sp³-hybridized carbons (Fsp3) is 0.429. The van der Waals surface area contributed by atoms with Crippen LogP contribution in [-0.4, -0.2) is 24.2 Å². The number of benzene rings is 2. The van der Waals surface area contributed by atoms with Gasteiger partial charge >= 0.3 is 0 Å². The number of hydrogen-bond acceptors (Lipinski definition) is 2. The number of piperidine rings is 1. The lowest BCUT2D eigenvalue weighted by Gasteiger charge is -2.42. The minimum atomic E-state index is -0.183. The second-order valence-corrected chi connectivity index (χ2v) is 8.06. The molecule has 0 spiro atoms. The highest BCUT2D eigenvalue weighted by atomic mass is 35.5. The normalized spacial score (nSPS) is 28.8. The number of anilines is 1. The van der Waals surface area contributed by atoms with Crippen molar-refractivity contribution in [1.82, 2.24) is 5.32 Å². The monoisotopic (exact) mass is 358 g/mol. The van der Waals surface area contributed by atoms with E-state index in [0.717, 1.165) is 30.1 Å². The van der Waals surface area contributed by atoms with Crippen LogP contribution in [0.4, 0.5) is 10.1 Å². The van der Waals surface area contributed by atoms with Gasteiger partial charge in [-0.25, -0.2) is 4.39 Å². The average molecular weight is 359 g/mol. The van der Waals surface area contributed by atoms with Gasteiger partial charge in [-0.15, -0.1) is 0 Å². The SMILES string of the molecule is C[C@@]1(Cc2cccc(Cl)c2)C[C@@H]2NCCC[C@@H]2N1c1ccc(F)cc1. The maximum atomic E-state index is 13.4. The van der Waals surface area contributed by atoms with Gasteiger partial charge < -0.3 is 10.2 Å². The summed E-state index contributed by atoms with van der Waals surface area (Å²) in [5, 5.41) is 4.48. The Balaban J connectivity index is 1.71. The van der Waals surface area contributed by atoms with Crippen LogP contribution >= 0.6 is 11.6 Å². The van der Waals surface area contributed by atoms with E-state index >= 15 is 0 Å². The molecule has 3 atom stereocenters.